The zero-order valence-corrected chi connectivity index (χ0v) is 10.1. The molecule has 18 heavy (non-hydrogen) atoms. The van der Waals surface area contributed by atoms with Crippen molar-refractivity contribution in [2.45, 2.75) is 20.3 Å². The van der Waals surface area contributed by atoms with Crippen LogP contribution in [0.5, 0.6) is 0 Å². The number of nitrogens with zero attached hydrogens (tertiary/aromatic N) is 2. The molecule has 0 aromatic heterocycles. The monoisotopic (exact) mass is 248 g/mol. The van der Waals surface area contributed by atoms with Crippen LogP contribution in [0, 0.1) is 28.4 Å². The average Bonchev–Trinajstić information content (AvgIpc) is 2.31. The molecule has 0 aliphatic carbocycles. The molecule has 94 valence electrons. The van der Waals surface area contributed by atoms with Gasteiger partial charge in [0.1, 0.15) is 11.6 Å². The van der Waals surface area contributed by atoms with Crippen LogP contribution in [-0.4, -0.2) is 17.5 Å². The van der Waals surface area contributed by atoms with Crippen LogP contribution in [0.15, 0.2) is 12.1 Å². The first-order chi connectivity index (χ1) is 8.51. The van der Waals surface area contributed by atoms with Crippen LogP contribution in [0.4, 0.5) is 5.69 Å². The molecule has 1 aromatic carbocycles. The van der Waals surface area contributed by atoms with Gasteiger partial charge in [0.25, 0.3) is 5.69 Å². The number of nitro benzene ring substituents is 1. The maximum absolute atomic E-state index is 11.4. The number of hydrogen-bond acceptors (Lipinski definition) is 5. The molecule has 0 unspecified atom stereocenters. The summed E-state index contributed by atoms with van der Waals surface area (Å²) in [7, 11) is 0. The number of rotatable bonds is 4. The van der Waals surface area contributed by atoms with Crippen molar-refractivity contribution >= 4 is 11.7 Å². The molecule has 6 nitrogen and oxygen atoms in total. The van der Waals surface area contributed by atoms with E-state index in [0.717, 1.165) is 0 Å². The van der Waals surface area contributed by atoms with Crippen molar-refractivity contribution in [3.05, 3.63) is 38.9 Å². The Labute approximate surface area is 104 Å². The highest BCUT2D eigenvalue weighted by molar-refractivity contribution is 5.76. The number of carbonyl (C=O) groups is 1. The maximum Gasteiger partial charge on any atom is 0.310 e. The third-order valence-corrected chi connectivity index (χ3v) is 2.45. The number of nitriles is 1. The highest BCUT2D eigenvalue weighted by Crippen LogP contribution is 2.27. The molecule has 0 heterocycles. The van der Waals surface area contributed by atoms with Crippen LogP contribution >= 0.6 is 0 Å². The van der Waals surface area contributed by atoms with E-state index in [4.69, 9.17) is 10.00 Å². The molecule has 1 aromatic rings. The number of hydrogen-bond donors (Lipinski definition) is 0. The molecule has 1 rings (SSSR count). The van der Waals surface area contributed by atoms with E-state index in [-0.39, 0.29) is 29.8 Å². The van der Waals surface area contributed by atoms with Gasteiger partial charge in [0.15, 0.2) is 0 Å². The number of benzene rings is 1. The summed E-state index contributed by atoms with van der Waals surface area (Å²) < 4.78 is 4.76. The zero-order chi connectivity index (χ0) is 13.7. The lowest BCUT2D eigenvalue weighted by molar-refractivity contribution is -0.385. The SMILES string of the molecule is CCOC(=O)Cc1c(C)ccc(C#N)c1[N+](=O)[O-]. The zero-order valence-electron chi connectivity index (χ0n) is 10.1. The molecule has 0 radical (unpaired) electrons. The van der Waals surface area contributed by atoms with Crippen LogP contribution < -0.4 is 0 Å². The molecule has 0 bridgehead atoms. The van der Waals surface area contributed by atoms with E-state index < -0.39 is 10.9 Å². The number of nitro groups is 1. The summed E-state index contributed by atoms with van der Waals surface area (Å²) in [5, 5.41) is 19.8. The second-order valence-corrected chi connectivity index (χ2v) is 3.61. The molecule has 0 amide bonds. The average molecular weight is 248 g/mol. The van der Waals surface area contributed by atoms with Crippen molar-refractivity contribution in [2.24, 2.45) is 0 Å². The van der Waals surface area contributed by atoms with Gasteiger partial charge in [-0.1, -0.05) is 6.07 Å². The van der Waals surface area contributed by atoms with Gasteiger partial charge in [0.05, 0.1) is 18.0 Å². The first-order valence-electron chi connectivity index (χ1n) is 5.33. The van der Waals surface area contributed by atoms with Crippen molar-refractivity contribution < 1.29 is 14.5 Å². The number of ether oxygens (including phenoxy) is 1. The van der Waals surface area contributed by atoms with Gasteiger partial charge in [-0.25, -0.2) is 0 Å². The van der Waals surface area contributed by atoms with Gasteiger partial charge in [0, 0.05) is 5.56 Å². The topological polar surface area (TPSA) is 93.2 Å². The summed E-state index contributed by atoms with van der Waals surface area (Å²) in [6.07, 6.45) is -0.203. The Kier molecular flexibility index (Phi) is 4.38. The van der Waals surface area contributed by atoms with Crippen molar-refractivity contribution in [2.75, 3.05) is 6.61 Å². The molecule has 0 fully saturated rings. The van der Waals surface area contributed by atoms with Gasteiger partial charge < -0.3 is 4.74 Å². The van der Waals surface area contributed by atoms with Crippen LogP contribution in [-0.2, 0) is 16.0 Å². The van der Waals surface area contributed by atoms with E-state index in [9.17, 15) is 14.9 Å². The quantitative estimate of drug-likeness (QED) is 0.460. The first-order valence-corrected chi connectivity index (χ1v) is 5.33. The Morgan fingerprint density at radius 3 is 2.72 bits per heavy atom. The van der Waals surface area contributed by atoms with Crippen molar-refractivity contribution in [1.29, 1.82) is 5.26 Å². The van der Waals surface area contributed by atoms with E-state index in [0.29, 0.717) is 5.56 Å². The second kappa shape index (κ2) is 5.77. The molecule has 0 saturated carbocycles. The largest absolute Gasteiger partial charge is 0.466 e. The summed E-state index contributed by atoms with van der Waals surface area (Å²) in [5.41, 5.74) is 0.460. The molecule has 0 N–H and O–H groups in total. The van der Waals surface area contributed by atoms with Crippen LogP contribution in [0.3, 0.4) is 0 Å². The Bertz CT molecular complexity index is 532. The highest BCUT2D eigenvalue weighted by atomic mass is 16.6. The van der Waals surface area contributed by atoms with E-state index in [1.807, 2.05) is 0 Å². The van der Waals surface area contributed by atoms with E-state index in [1.54, 1.807) is 26.0 Å². The van der Waals surface area contributed by atoms with Crippen molar-refractivity contribution in [3.8, 4) is 6.07 Å². The summed E-state index contributed by atoms with van der Waals surface area (Å²) in [5.74, 6) is -0.543. The maximum atomic E-state index is 11.4. The molecule has 0 saturated heterocycles. The smallest absolute Gasteiger partial charge is 0.310 e. The first kappa shape index (κ1) is 13.6. The third kappa shape index (κ3) is 2.83. The minimum absolute atomic E-state index is 0.0510. The predicted molar refractivity (Wildman–Crippen MR) is 62.9 cm³/mol. The molecule has 0 spiro atoms. The molecule has 0 aliphatic rings. The van der Waals surface area contributed by atoms with Gasteiger partial charge in [-0.15, -0.1) is 0 Å². The van der Waals surface area contributed by atoms with Crippen LogP contribution in [0.1, 0.15) is 23.6 Å². The summed E-state index contributed by atoms with van der Waals surface area (Å²) in [6.45, 7) is 3.53. The molecule has 6 heteroatoms. The van der Waals surface area contributed by atoms with Crippen molar-refractivity contribution in [3.63, 3.8) is 0 Å². The molecule has 0 aliphatic heterocycles. The fourth-order valence-corrected chi connectivity index (χ4v) is 1.62. The number of aryl methyl sites for hydroxylation is 1. The Balaban J connectivity index is 3.28. The minimum Gasteiger partial charge on any atom is -0.466 e. The predicted octanol–water partition coefficient (Wildman–Crippen LogP) is 1.88. The molecular formula is C12H12N2O4. The second-order valence-electron chi connectivity index (χ2n) is 3.61. The fourth-order valence-electron chi connectivity index (χ4n) is 1.62. The highest BCUT2D eigenvalue weighted by Gasteiger charge is 2.23. The Morgan fingerprint density at radius 1 is 1.56 bits per heavy atom. The van der Waals surface area contributed by atoms with E-state index in [2.05, 4.69) is 0 Å². The van der Waals surface area contributed by atoms with Crippen molar-refractivity contribution in [1.82, 2.24) is 0 Å². The normalized spacial score (nSPS) is 9.61. The van der Waals surface area contributed by atoms with Gasteiger partial charge in [-0.3, -0.25) is 14.9 Å². The minimum atomic E-state index is -0.639. The number of carbonyl (C=O) groups excluding carboxylic acids is 1. The lowest BCUT2D eigenvalue weighted by Crippen LogP contribution is -2.11. The van der Waals surface area contributed by atoms with Gasteiger partial charge in [-0.05, 0) is 25.5 Å². The number of esters is 1. The molecule has 0 atom stereocenters. The van der Waals surface area contributed by atoms with Gasteiger partial charge in [-0.2, -0.15) is 5.26 Å². The Morgan fingerprint density at radius 2 is 2.22 bits per heavy atom. The van der Waals surface area contributed by atoms with E-state index >= 15 is 0 Å². The van der Waals surface area contributed by atoms with Crippen LogP contribution in [0.25, 0.3) is 0 Å². The Hall–Kier alpha value is -2.42. The van der Waals surface area contributed by atoms with Gasteiger partial charge in [0.2, 0.25) is 0 Å². The van der Waals surface area contributed by atoms with Crippen LogP contribution in [0.2, 0.25) is 0 Å². The summed E-state index contributed by atoms with van der Waals surface area (Å²) >= 11 is 0. The lowest BCUT2D eigenvalue weighted by Gasteiger charge is -2.07. The van der Waals surface area contributed by atoms with E-state index in [1.165, 1.54) is 6.07 Å². The third-order valence-electron chi connectivity index (χ3n) is 2.45. The lowest BCUT2D eigenvalue weighted by atomic mass is 10.00. The van der Waals surface area contributed by atoms with Gasteiger partial charge >= 0.3 is 5.97 Å². The summed E-state index contributed by atoms with van der Waals surface area (Å²) in [4.78, 5) is 21.8. The standard InChI is InChI=1S/C12H12N2O4/c1-3-18-11(15)6-10-8(2)4-5-9(7-13)12(10)14(16)17/h4-5H,3,6H2,1-2H3. The molecular weight excluding hydrogens is 236 g/mol. The summed E-state index contributed by atoms with van der Waals surface area (Å²) in [6, 6.07) is 4.72. The fraction of sp³-hybridized carbons (Fsp3) is 0.333.